The van der Waals surface area contributed by atoms with Crippen LogP contribution in [0.15, 0.2) is 60.9 Å². The number of halogens is 1. The van der Waals surface area contributed by atoms with Crippen LogP contribution in [0.3, 0.4) is 0 Å². The standard InChI is InChI=1S/C22H18ClN3O2S/c1-14-10-17(23)11-19-20(14)25-22(29-19)26(13-15-4-3-9-24-12-15)21(27)16-5-7-18(28-2)8-6-16/h3-12H,13H2,1-2H3. The van der Waals surface area contributed by atoms with Gasteiger partial charge in [-0.3, -0.25) is 14.7 Å². The predicted octanol–water partition coefficient (Wildman–Crippen LogP) is 5.51. The summed E-state index contributed by atoms with van der Waals surface area (Å²) in [7, 11) is 1.60. The fourth-order valence-electron chi connectivity index (χ4n) is 3.05. The normalized spacial score (nSPS) is 10.9. The van der Waals surface area contributed by atoms with Gasteiger partial charge in [0.15, 0.2) is 5.13 Å². The van der Waals surface area contributed by atoms with Crippen molar-refractivity contribution in [1.82, 2.24) is 9.97 Å². The van der Waals surface area contributed by atoms with Crippen LogP contribution in [0.5, 0.6) is 5.75 Å². The molecule has 0 aliphatic heterocycles. The van der Waals surface area contributed by atoms with Gasteiger partial charge in [0.1, 0.15) is 5.75 Å². The molecule has 0 spiro atoms. The molecule has 0 saturated carbocycles. The monoisotopic (exact) mass is 423 g/mol. The number of benzene rings is 2. The molecule has 4 aromatic rings. The third-order valence-electron chi connectivity index (χ3n) is 4.52. The maximum atomic E-state index is 13.4. The molecule has 0 aliphatic rings. The lowest BCUT2D eigenvalue weighted by molar-refractivity contribution is 0.0985. The number of ether oxygens (including phenoxy) is 1. The Morgan fingerprint density at radius 2 is 2.00 bits per heavy atom. The Morgan fingerprint density at radius 1 is 1.21 bits per heavy atom. The van der Waals surface area contributed by atoms with Crippen LogP contribution >= 0.6 is 22.9 Å². The number of hydrogen-bond acceptors (Lipinski definition) is 5. The van der Waals surface area contributed by atoms with Gasteiger partial charge in [0.2, 0.25) is 0 Å². The number of fused-ring (bicyclic) bond motifs is 1. The van der Waals surface area contributed by atoms with Crippen LogP contribution in [0.4, 0.5) is 5.13 Å². The number of aryl methyl sites for hydroxylation is 1. The molecular formula is C22H18ClN3O2S. The molecule has 29 heavy (non-hydrogen) atoms. The van der Waals surface area contributed by atoms with Crippen molar-refractivity contribution in [2.45, 2.75) is 13.5 Å². The van der Waals surface area contributed by atoms with Gasteiger partial charge in [0, 0.05) is 23.0 Å². The van der Waals surface area contributed by atoms with E-state index in [-0.39, 0.29) is 5.91 Å². The van der Waals surface area contributed by atoms with E-state index >= 15 is 0 Å². The van der Waals surface area contributed by atoms with E-state index in [0.717, 1.165) is 21.3 Å². The maximum Gasteiger partial charge on any atom is 0.260 e. The predicted molar refractivity (Wildman–Crippen MR) is 117 cm³/mol. The first-order chi connectivity index (χ1) is 14.0. The first kappa shape index (κ1) is 19.4. The van der Waals surface area contributed by atoms with Gasteiger partial charge in [0.05, 0.1) is 23.9 Å². The highest BCUT2D eigenvalue weighted by Crippen LogP contribution is 2.34. The molecular weight excluding hydrogens is 406 g/mol. The summed E-state index contributed by atoms with van der Waals surface area (Å²) in [5.41, 5.74) is 3.31. The van der Waals surface area contributed by atoms with E-state index in [9.17, 15) is 4.79 Å². The van der Waals surface area contributed by atoms with Crippen molar-refractivity contribution in [3.8, 4) is 5.75 Å². The summed E-state index contributed by atoms with van der Waals surface area (Å²) in [4.78, 5) is 24.0. The minimum atomic E-state index is -0.140. The van der Waals surface area contributed by atoms with E-state index in [1.165, 1.54) is 11.3 Å². The smallest absolute Gasteiger partial charge is 0.260 e. The van der Waals surface area contributed by atoms with Gasteiger partial charge in [-0.25, -0.2) is 4.98 Å². The molecule has 0 fully saturated rings. The second kappa shape index (κ2) is 8.19. The lowest BCUT2D eigenvalue weighted by Crippen LogP contribution is -2.30. The van der Waals surface area contributed by atoms with E-state index in [1.54, 1.807) is 48.7 Å². The fourth-order valence-corrected chi connectivity index (χ4v) is 4.47. The summed E-state index contributed by atoms with van der Waals surface area (Å²) in [5.74, 6) is 0.560. The maximum absolute atomic E-state index is 13.4. The number of carbonyl (C=O) groups is 1. The Balaban J connectivity index is 1.77. The molecule has 0 bridgehead atoms. The van der Waals surface area contributed by atoms with E-state index < -0.39 is 0 Å². The zero-order chi connectivity index (χ0) is 20.4. The van der Waals surface area contributed by atoms with Crippen LogP contribution < -0.4 is 9.64 Å². The molecule has 5 nitrogen and oxygen atoms in total. The van der Waals surface area contributed by atoms with Gasteiger partial charge in [-0.15, -0.1) is 0 Å². The molecule has 0 radical (unpaired) electrons. The molecule has 0 aliphatic carbocycles. The van der Waals surface area contributed by atoms with Crippen molar-refractivity contribution in [2.75, 3.05) is 12.0 Å². The molecule has 146 valence electrons. The van der Waals surface area contributed by atoms with Crippen LogP contribution in [0.1, 0.15) is 21.5 Å². The van der Waals surface area contributed by atoms with Crippen LogP contribution in [-0.4, -0.2) is 23.0 Å². The Kier molecular flexibility index (Phi) is 5.47. The lowest BCUT2D eigenvalue weighted by atomic mass is 10.2. The molecule has 0 unspecified atom stereocenters. The molecule has 0 saturated heterocycles. The van der Waals surface area contributed by atoms with E-state index in [1.807, 2.05) is 31.2 Å². The highest BCUT2D eigenvalue weighted by atomic mass is 35.5. The van der Waals surface area contributed by atoms with Crippen molar-refractivity contribution in [3.05, 3.63) is 82.6 Å². The number of aromatic nitrogens is 2. The number of pyridine rings is 1. The van der Waals surface area contributed by atoms with Gasteiger partial charge in [-0.2, -0.15) is 0 Å². The number of amides is 1. The summed E-state index contributed by atoms with van der Waals surface area (Å²) < 4.78 is 6.15. The van der Waals surface area contributed by atoms with Gasteiger partial charge in [-0.1, -0.05) is 29.0 Å². The molecule has 4 rings (SSSR count). The minimum Gasteiger partial charge on any atom is -0.497 e. The third-order valence-corrected chi connectivity index (χ3v) is 5.76. The molecule has 0 N–H and O–H groups in total. The molecule has 1 amide bonds. The van der Waals surface area contributed by atoms with Gasteiger partial charge in [-0.05, 0) is 60.5 Å². The van der Waals surface area contributed by atoms with Crippen LogP contribution in [0, 0.1) is 6.92 Å². The average Bonchev–Trinajstić information content (AvgIpc) is 3.16. The molecule has 2 heterocycles. The van der Waals surface area contributed by atoms with Crippen LogP contribution in [-0.2, 0) is 6.54 Å². The average molecular weight is 424 g/mol. The van der Waals surface area contributed by atoms with Crippen molar-refractivity contribution >= 4 is 44.2 Å². The number of nitrogens with zero attached hydrogens (tertiary/aromatic N) is 3. The molecule has 2 aromatic carbocycles. The number of anilines is 1. The minimum absolute atomic E-state index is 0.140. The number of hydrogen-bond donors (Lipinski definition) is 0. The quantitative estimate of drug-likeness (QED) is 0.424. The second-order valence-electron chi connectivity index (χ2n) is 6.55. The number of thiazole rings is 1. The van der Waals surface area contributed by atoms with Crippen molar-refractivity contribution < 1.29 is 9.53 Å². The topological polar surface area (TPSA) is 55.3 Å². The molecule has 2 aromatic heterocycles. The van der Waals surface area contributed by atoms with E-state index in [0.29, 0.717) is 28.0 Å². The highest BCUT2D eigenvalue weighted by Gasteiger charge is 2.22. The van der Waals surface area contributed by atoms with Crippen LogP contribution in [0.25, 0.3) is 10.2 Å². The second-order valence-corrected chi connectivity index (χ2v) is 7.99. The summed E-state index contributed by atoms with van der Waals surface area (Å²) in [6.45, 7) is 2.33. The summed E-state index contributed by atoms with van der Waals surface area (Å²) >= 11 is 7.66. The Bertz CT molecular complexity index is 1160. The molecule has 7 heteroatoms. The van der Waals surface area contributed by atoms with Crippen molar-refractivity contribution in [2.24, 2.45) is 0 Å². The fraction of sp³-hybridized carbons (Fsp3) is 0.136. The number of methoxy groups -OCH3 is 1. The number of rotatable bonds is 5. The SMILES string of the molecule is COc1ccc(C(=O)N(Cc2cccnc2)c2nc3c(C)cc(Cl)cc3s2)cc1. The van der Waals surface area contributed by atoms with Crippen LogP contribution in [0.2, 0.25) is 5.02 Å². The zero-order valence-corrected chi connectivity index (χ0v) is 17.5. The zero-order valence-electron chi connectivity index (χ0n) is 15.9. The number of carbonyl (C=O) groups excluding carboxylic acids is 1. The summed E-state index contributed by atoms with van der Waals surface area (Å²) in [5, 5.41) is 1.28. The summed E-state index contributed by atoms with van der Waals surface area (Å²) in [6.07, 6.45) is 3.46. The summed E-state index contributed by atoms with van der Waals surface area (Å²) in [6, 6.07) is 14.6. The van der Waals surface area contributed by atoms with E-state index in [4.69, 9.17) is 21.3 Å². The molecule has 0 atom stereocenters. The highest BCUT2D eigenvalue weighted by molar-refractivity contribution is 7.22. The lowest BCUT2D eigenvalue weighted by Gasteiger charge is -2.20. The Morgan fingerprint density at radius 3 is 2.69 bits per heavy atom. The van der Waals surface area contributed by atoms with Gasteiger partial charge < -0.3 is 4.74 Å². The Labute approximate surface area is 177 Å². The van der Waals surface area contributed by atoms with Gasteiger partial charge >= 0.3 is 0 Å². The van der Waals surface area contributed by atoms with E-state index in [2.05, 4.69) is 4.98 Å². The largest absolute Gasteiger partial charge is 0.497 e. The first-order valence-corrected chi connectivity index (χ1v) is 10.2. The van der Waals surface area contributed by atoms with Gasteiger partial charge in [0.25, 0.3) is 5.91 Å². The third kappa shape index (κ3) is 4.09. The Hall–Kier alpha value is -2.96. The van der Waals surface area contributed by atoms with Crippen molar-refractivity contribution in [1.29, 1.82) is 0 Å². The first-order valence-electron chi connectivity index (χ1n) is 8.96. The van der Waals surface area contributed by atoms with Crippen molar-refractivity contribution in [3.63, 3.8) is 0 Å².